The Balaban J connectivity index is 2.40. The summed E-state index contributed by atoms with van der Waals surface area (Å²) in [5.74, 6) is 0. The van der Waals surface area contributed by atoms with Crippen molar-refractivity contribution in [2.24, 2.45) is 0 Å². The summed E-state index contributed by atoms with van der Waals surface area (Å²) in [4.78, 5) is 4.27. The van der Waals surface area contributed by atoms with Gasteiger partial charge in [0.05, 0.1) is 12.3 Å². The zero-order chi connectivity index (χ0) is 10.2. The van der Waals surface area contributed by atoms with Crippen molar-refractivity contribution in [1.82, 2.24) is 4.98 Å². The maximum atomic E-state index is 10.2. The fourth-order valence-corrected chi connectivity index (χ4v) is 2.17. The molecule has 2 rings (SSSR count). The van der Waals surface area contributed by atoms with Crippen LogP contribution in [0.15, 0.2) is 16.7 Å². The highest BCUT2D eigenvalue weighted by atomic mass is 79.9. The summed E-state index contributed by atoms with van der Waals surface area (Å²) < 4.78 is 5.95. The molecular weight excluding hydrogens is 246 g/mol. The highest BCUT2D eigenvalue weighted by molar-refractivity contribution is 9.10. The molecule has 1 N–H and O–H groups in total. The minimum atomic E-state index is -0.894. The summed E-state index contributed by atoms with van der Waals surface area (Å²) in [5.41, 5.74) is 0.887. The Labute approximate surface area is 91.2 Å². The van der Waals surface area contributed by atoms with Crippen LogP contribution in [0.1, 0.15) is 17.7 Å². The molecule has 1 atom stereocenters. The average molecular weight is 258 g/mol. The number of aliphatic hydroxyl groups is 1. The summed E-state index contributed by atoms with van der Waals surface area (Å²) in [6, 6.07) is 3.82. The van der Waals surface area contributed by atoms with Gasteiger partial charge in [0, 0.05) is 13.0 Å². The first-order chi connectivity index (χ1) is 6.60. The van der Waals surface area contributed by atoms with Crippen LogP contribution < -0.4 is 0 Å². The molecule has 0 radical (unpaired) electrons. The van der Waals surface area contributed by atoms with E-state index in [2.05, 4.69) is 20.9 Å². The molecule has 0 amide bonds. The molecule has 0 saturated carbocycles. The molecule has 4 heteroatoms. The molecule has 3 nitrogen and oxygen atoms in total. The number of ether oxygens (including phenoxy) is 1. The van der Waals surface area contributed by atoms with Crippen molar-refractivity contribution in [3.8, 4) is 0 Å². The second-order valence-corrected chi connectivity index (χ2v) is 4.50. The van der Waals surface area contributed by atoms with E-state index in [1.165, 1.54) is 0 Å². The SMILES string of the molecule is Cc1cc(Br)nc(C2(O)CCOC2)c1. The molecule has 14 heavy (non-hydrogen) atoms. The molecular formula is C10H12BrNO2. The van der Waals surface area contributed by atoms with Crippen LogP contribution in [0.5, 0.6) is 0 Å². The second kappa shape index (κ2) is 3.61. The van der Waals surface area contributed by atoms with Gasteiger partial charge < -0.3 is 9.84 Å². The normalized spacial score (nSPS) is 26.8. The second-order valence-electron chi connectivity index (χ2n) is 3.69. The first-order valence-corrected chi connectivity index (χ1v) is 5.34. The molecule has 0 aliphatic carbocycles. The number of pyridine rings is 1. The van der Waals surface area contributed by atoms with E-state index in [1.807, 2.05) is 19.1 Å². The van der Waals surface area contributed by atoms with Crippen molar-refractivity contribution in [1.29, 1.82) is 0 Å². The Morgan fingerprint density at radius 2 is 2.36 bits per heavy atom. The van der Waals surface area contributed by atoms with Gasteiger partial charge >= 0.3 is 0 Å². The van der Waals surface area contributed by atoms with Gasteiger partial charge in [-0.25, -0.2) is 4.98 Å². The Kier molecular flexibility index (Phi) is 2.60. The lowest BCUT2D eigenvalue weighted by Crippen LogP contribution is -2.27. The number of aryl methyl sites for hydroxylation is 1. The summed E-state index contributed by atoms with van der Waals surface area (Å²) in [7, 11) is 0. The van der Waals surface area contributed by atoms with Crippen LogP contribution >= 0.6 is 15.9 Å². The highest BCUT2D eigenvalue weighted by Crippen LogP contribution is 2.30. The third kappa shape index (κ3) is 1.82. The third-order valence-corrected chi connectivity index (χ3v) is 2.82. The van der Waals surface area contributed by atoms with Gasteiger partial charge in [0.2, 0.25) is 0 Å². The van der Waals surface area contributed by atoms with Crippen LogP contribution in [0.3, 0.4) is 0 Å². The van der Waals surface area contributed by atoms with Crippen LogP contribution in [0.25, 0.3) is 0 Å². The quantitative estimate of drug-likeness (QED) is 0.780. The lowest BCUT2D eigenvalue weighted by molar-refractivity contribution is 0.0192. The van der Waals surface area contributed by atoms with Gasteiger partial charge in [-0.1, -0.05) is 0 Å². The number of halogens is 1. The van der Waals surface area contributed by atoms with Crippen molar-refractivity contribution in [3.63, 3.8) is 0 Å². The third-order valence-electron chi connectivity index (χ3n) is 2.42. The number of hydrogen-bond donors (Lipinski definition) is 1. The van der Waals surface area contributed by atoms with Gasteiger partial charge in [-0.2, -0.15) is 0 Å². The average Bonchev–Trinajstić information content (AvgIpc) is 2.52. The monoisotopic (exact) mass is 257 g/mol. The lowest BCUT2D eigenvalue weighted by Gasteiger charge is -2.20. The summed E-state index contributed by atoms with van der Waals surface area (Å²) in [5, 5.41) is 10.2. The maximum Gasteiger partial charge on any atom is 0.132 e. The Hall–Kier alpha value is -0.450. The summed E-state index contributed by atoms with van der Waals surface area (Å²) in [6.07, 6.45) is 0.621. The number of aromatic nitrogens is 1. The van der Waals surface area contributed by atoms with E-state index in [4.69, 9.17) is 4.74 Å². The van der Waals surface area contributed by atoms with E-state index in [9.17, 15) is 5.11 Å². The van der Waals surface area contributed by atoms with Crippen LogP contribution in [0.2, 0.25) is 0 Å². The number of hydrogen-bond acceptors (Lipinski definition) is 3. The van der Waals surface area contributed by atoms with Gasteiger partial charge in [0.1, 0.15) is 10.2 Å². The Morgan fingerprint density at radius 1 is 1.57 bits per heavy atom. The van der Waals surface area contributed by atoms with Crippen LogP contribution in [0.4, 0.5) is 0 Å². The molecule has 0 spiro atoms. The summed E-state index contributed by atoms with van der Waals surface area (Å²) >= 11 is 3.32. The predicted molar refractivity (Wildman–Crippen MR) is 56.0 cm³/mol. The van der Waals surface area contributed by atoms with E-state index in [0.29, 0.717) is 25.3 Å². The molecule has 1 aromatic rings. The topological polar surface area (TPSA) is 42.4 Å². The van der Waals surface area contributed by atoms with E-state index < -0.39 is 5.60 Å². The van der Waals surface area contributed by atoms with Crippen molar-refractivity contribution < 1.29 is 9.84 Å². The molecule has 1 saturated heterocycles. The van der Waals surface area contributed by atoms with Crippen molar-refractivity contribution in [3.05, 3.63) is 28.0 Å². The first kappa shape index (κ1) is 10.1. The fourth-order valence-electron chi connectivity index (χ4n) is 1.62. The maximum absolute atomic E-state index is 10.2. The highest BCUT2D eigenvalue weighted by Gasteiger charge is 2.35. The fraction of sp³-hybridized carbons (Fsp3) is 0.500. The molecule has 1 aliphatic heterocycles. The van der Waals surface area contributed by atoms with Crippen molar-refractivity contribution in [2.45, 2.75) is 18.9 Å². The standard InChI is InChI=1S/C10H12BrNO2/c1-7-4-8(12-9(11)5-7)10(13)2-3-14-6-10/h4-5,13H,2-3,6H2,1H3. The van der Waals surface area contributed by atoms with Crippen molar-refractivity contribution in [2.75, 3.05) is 13.2 Å². The van der Waals surface area contributed by atoms with Gasteiger partial charge in [0.15, 0.2) is 0 Å². The largest absolute Gasteiger partial charge is 0.381 e. The zero-order valence-corrected chi connectivity index (χ0v) is 9.54. The minimum absolute atomic E-state index is 0.343. The van der Waals surface area contributed by atoms with Crippen LogP contribution in [0, 0.1) is 6.92 Å². The number of rotatable bonds is 1. The number of nitrogens with zero attached hydrogens (tertiary/aromatic N) is 1. The smallest absolute Gasteiger partial charge is 0.132 e. The zero-order valence-electron chi connectivity index (χ0n) is 7.96. The minimum Gasteiger partial charge on any atom is -0.381 e. The van der Waals surface area contributed by atoms with E-state index >= 15 is 0 Å². The predicted octanol–water partition coefficient (Wildman–Crippen LogP) is 1.76. The lowest BCUT2D eigenvalue weighted by atomic mass is 9.97. The first-order valence-electron chi connectivity index (χ1n) is 4.55. The van der Waals surface area contributed by atoms with Gasteiger partial charge in [-0.15, -0.1) is 0 Å². The molecule has 0 aromatic carbocycles. The van der Waals surface area contributed by atoms with Gasteiger partial charge in [-0.3, -0.25) is 0 Å². The van der Waals surface area contributed by atoms with E-state index in [0.717, 1.165) is 10.2 Å². The summed E-state index contributed by atoms with van der Waals surface area (Å²) in [6.45, 7) is 2.93. The molecule has 1 aliphatic rings. The van der Waals surface area contributed by atoms with E-state index in [1.54, 1.807) is 0 Å². The van der Waals surface area contributed by atoms with Gasteiger partial charge in [0.25, 0.3) is 0 Å². The van der Waals surface area contributed by atoms with E-state index in [-0.39, 0.29) is 0 Å². The molecule has 1 unspecified atom stereocenters. The molecule has 2 heterocycles. The van der Waals surface area contributed by atoms with Gasteiger partial charge in [-0.05, 0) is 40.5 Å². The molecule has 0 bridgehead atoms. The molecule has 1 aromatic heterocycles. The van der Waals surface area contributed by atoms with Crippen LogP contribution in [-0.4, -0.2) is 23.3 Å². The Bertz CT molecular complexity index is 328. The van der Waals surface area contributed by atoms with Crippen molar-refractivity contribution >= 4 is 15.9 Å². The Morgan fingerprint density at radius 3 is 2.93 bits per heavy atom. The van der Waals surface area contributed by atoms with Crippen LogP contribution in [-0.2, 0) is 10.3 Å². The molecule has 1 fully saturated rings. The molecule has 76 valence electrons.